The summed E-state index contributed by atoms with van der Waals surface area (Å²) in [5, 5.41) is 1.47. The molecule has 1 aromatic carbocycles. The van der Waals surface area contributed by atoms with Crippen LogP contribution in [0.3, 0.4) is 0 Å². The minimum atomic E-state index is -4.48. The van der Waals surface area contributed by atoms with Gasteiger partial charge in [0.15, 0.2) is 0 Å². The first-order valence-corrected chi connectivity index (χ1v) is 10.8. The van der Waals surface area contributed by atoms with Crippen LogP contribution in [0.1, 0.15) is 38.2 Å². The van der Waals surface area contributed by atoms with Gasteiger partial charge in [-0.3, -0.25) is 0 Å². The van der Waals surface area contributed by atoms with Gasteiger partial charge in [0.2, 0.25) is 0 Å². The van der Waals surface area contributed by atoms with E-state index in [1.807, 2.05) is 0 Å². The van der Waals surface area contributed by atoms with Crippen LogP contribution in [0.2, 0.25) is 5.32 Å². The summed E-state index contributed by atoms with van der Waals surface area (Å²) in [4.78, 5) is 12.4. The van der Waals surface area contributed by atoms with Crippen LogP contribution in [-0.2, 0) is 17.5 Å². The molecule has 2 aromatic rings. The molecule has 26 heavy (non-hydrogen) atoms. The third-order valence-electron chi connectivity index (χ3n) is 4.21. The summed E-state index contributed by atoms with van der Waals surface area (Å²) in [6, 6.07) is 5.71. The normalized spacial score (nSPS) is 12.0. The van der Waals surface area contributed by atoms with E-state index in [1.165, 1.54) is 16.7 Å². The number of ether oxygens (including phenoxy) is 1. The van der Waals surface area contributed by atoms with Crippen molar-refractivity contribution in [3.8, 4) is 0 Å². The Morgan fingerprint density at radius 2 is 1.88 bits per heavy atom. The zero-order valence-corrected chi connectivity index (χ0v) is 16.8. The molecule has 0 fully saturated rings. The molecule has 0 unspecified atom stereocenters. The number of nitrogens with zero attached hydrogens (tertiary/aromatic N) is 1. The number of halogens is 3. The predicted molar refractivity (Wildman–Crippen MR) is 99.4 cm³/mol. The summed E-state index contributed by atoms with van der Waals surface area (Å²) < 4.78 is 47.3. The van der Waals surface area contributed by atoms with Crippen LogP contribution < -0.4 is 10.0 Å². The maximum atomic E-state index is 13.4. The monoisotopic (exact) mass is 435 g/mol. The summed E-state index contributed by atoms with van der Waals surface area (Å²) >= 11 is -0.0181. The Hall–Kier alpha value is -1.30. The van der Waals surface area contributed by atoms with Gasteiger partial charge < -0.3 is 0 Å². The van der Waals surface area contributed by atoms with Gasteiger partial charge in [0.05, 0.1) is 0 Å². The van der Waals surface area contributed by atoms with Crippen molar-refractivity contribution in [2.45, 2.75) is 50.6 Å². The van der Waals surface area contributed by atoms with Crippen LogP contribution in [0.5, 0.6) is 0 Å². The number of aromatic nitrogens is 1. The van der Waals surface area contributed by atoms with E-state index >= 15 is 0 Å². The Labute approximate surface area is 157 Å². The van der Waals surface area contributed by atoms with Crippen molar-refractivity contribution in [3.05, 3.63) is 40.2 Å². The predicted octanol–water partition coefficient (Wildman–Crippen LogP) is 3.99. The fourth-order valence-corrected chi connectivity index (χ4v) is 5.21. The molecule has 144 valence electrons. The standard InChI is InChI=1S/C19H24F3NO2Se/c1-3-23-17(24)13-16(26-12-7-5-4-6-11-25-2)14-9-8-10-15(18(14)23)19(20,21)22/h8-10,13H,3-7,11-12H2,1-2H3. The molecular weight excluding hydrogens is 410 g/mol. The molecule has 0 atom stereocenters. The molecule has 0 aliphatic heterocycles. The third-order valence-corrected chi connectivity index (χ3v) is 6.61. The van der Waals surface area contributed by atoms with Crippen LogP contribution in [0, 0.1) is 0 Å². The molecule has 0 bridgehead atoms. The van der Waals surface area contributed by atoms with Crippen molar-refractivity contribution < 1.29 is 17.9 Å². The first kappa shape index (κ1) is 21.0. The summed E-state index contributed by atoms with van der Waals surface area (Å²) in [6.07, 6.45) is -0.284. The van der Waals surface area contributed by atoms with Crippen molar-refractivity contribution in [2.75, 3.05) is 13.7 Å². The Bertz CT molecular complexity index is 787. The zero-order chi connectivity index (χ0) is 19.2. The Kier molecular flexibility index (Phi) is 7.74. The van der Waals surface area contributed by atoms with Gasteiger partial charge in [-0.15, -0.1) is 0 Å². The number of alkyl halides is 3. The Morgan fingerprint density at radius 1 is 1.15 bits per heavy atom. The van der Waals surface area contributed by atoms with E-state index in [0.29, 0.717) is 5.39 Å². The van der Waals surface area contributed by atoms with Crippen molar-refractivity contribution >= 4 is 30.3 Å². The van der Waals surface area contributed by atoms with Gasteiger partial charge in [-0.25, -0.2) is 0 Å². The van der Waals surface area contributed by atoms with E-state index in [1.54, 1.807) is 20.1 Å². The average molecular weight is 434 g/mol. The number of hydrogen-bond acceptors (Lipinski definition) is 2. The van der Waals surface area contributed by atoms with E-state index in [0.717, 1.165) is 48.1 Å². The Morgan fingerprint density at radius 3 is 2.54 bits per heavy atom. The van der Waals surface area contributed by atoms with Gasteiger partial charge in [0, 0.05) is 0 Å². The average Bonchev–Trinajstić information content (AvgIpc) is 2.59. The van der Waals surface area contributed by atoms with Crippen LogP contribution in [0.25, 0.3) is 10.9 Å². The molecule has 0 saturated carbocycles. The fourth-order valence-electron chi connectivity index (χ4n) is 2.96. The van der Waals surface area contributed by atoms with E-state index in [2.05, 4.69) is 0 Å². The van der Waals surface area contributed by atoms with Crippen LogP contribution in [0.4, 0.5) is 13.2 Å². The number of aryl methyl sites for hydroxylation is 1. The maximum absolute atomic E-state index is 13.4. The molecule has 0 spiro atoms. The molecule has 1 heterocycles. The molecule has 0 radical (unpaired) electrons. The first-order valence-electron chi connectivity index (χ1n) is 8.75. The number of rotatable bonds is 9. The molecule has 0 N–H and O–H groups in total. The molecule has 0 aliphatic rings. The van der Waals surface area contributed by atoms with Crippen LogP contribution >= 0.6 is 0 Å². The van der Waals surface area contributed by atoms with Gasteiger partial charge in [0.1, 0.15) is 0 Å². The third kappa shape index (κ3) is 5.12. The molecule has 2 rings (SSSR count). The van der Waals surface area contributed by atoms with E-state index in [4.69, 9.17) is 4.74 Å². The minimum absolute atomic E-state index is 0.0181. The summed E-state index contributed by atoms with van der Waals surface area (Å²) in [6.45, 7) is 2.67. The van der Waals surface area contributed by atoms with Gasteiger partial charge in [0.25, 0.3) is 0 Å². The van der Waals surface area contributed by atoms with Crippen LogP contribution in [-0.4, -0.2) is 33.2 Å². The van der Waals surface area contributed by atoms with Gasteiger partial charge in [-0.05, 0) is 0 Å². The molecule has 7 heteroatoms. The topological polar surface area (TPSA) is 31.2 Å². The second kappa shape index (κ2) is 9.58. The number of pyridine rings is 1. The van der Waals surface area contributed by atoms with Crippen molar-refractivity contribution in [2.24, 2.45) is 0 Å². The molecule has 0 aliphatic carbocycles. The fraction of sp³-hybridized carbons (Fsp3) is 0.526. The SMILES string of the molecule is CCn1c(=O)cc([Se]CCCCCCOC)c2cccc(C(F)(F)F)c21. The number of methoxy groups -OCH3 is 1. The zero-order valence-electron chi connectivity index (χ0n) is 15.1. The number of para-hydroxylation sites is 1. The molecule has 0 saturated heterocycles. The molecule has 1 aromatic heterocycles. The second-order valence-electron chi connectivity index (χ2n) is 6.05. The van der Waals surface area contributed by atoms with Gasteiger partial charge in [-0.1, -0.05) is 0 Å². The molecular formula is C19H24F3NO2Se. The molecule has 3 nitrogen and oxygen atoms in total. The summed E-state index contributed by atoms with van der Waals surface area (Å²) in [5.74, 6) is 0. The van der Waals surface area contributed by atoms with E-state index in [-0.39, 0.29) is 32.6 Å². The number of fused-ring (bicyclic) bond motifs is 1. The van der Waals surface area contributed by atoms with Crippen molar-refractivity contribution in [1.82, 2.24) is 4.57 Å². The quantitative estimate of drug-likeness (QED) is 0.442. The van der Waals surface area contributed by atoms with E-state index < -0.39 is 11.7 Å². The summed E-state index contributed by atoms with van der Waals surface area (Å²) in [7, 11) is 1.68. The Balaban J connectivity index is 2.27. The van der Waals surface area contributed by atoms with Crippen molar-refractivity contribution in [1.29, 1.82) is 0 Å². The number of hydrogen-bond donors (Lipinski definition) is 0. The number of benzene rings is 1. The second-order valence-corrected chi connectivity index (χ2v) is 8.43. The van der Waals surface area contributed by atoms with E-state index in [9.17, 15) is 18.0 Å². The van der Waals surface area contributed by atoms with Crippen LogP contribution in [0.15, 0.2) is 29.1 Å². The van der Waals surface area contributed by atoms with Gasteiger partial charge in [-0.2, -0.15) is 0 Å². The van der Waals surface area contributed by atoms with Gasteiger partial charge >= 0.3 is 157 Å². The summed E-state index contributed by atoms with van der Waals surface area (Å²) in [5.41, 5.74) is -1.06. The van der Waals surface area contributed by atoms with Crippen molar-refractivity contribution in [3.63, 3.8) is 0 Å². The number of unbranched alkanes of at least 4 members (excludes halogenated alkanes) is 3. The molecule has 0 amide bonds. The first-order chi connectivity index (χ1) is 12.4.